The molecule has 0 bridgehead atoms. The minimum absolute atomic E-state index is 0.0481. The van der Waals surface area contributed by atoms with Crippen molar-refractivity contribution in [1.29, 1.82) is 0 Å². The van der Waals surface area contributed by atoms with Crippen LogP contribution in [0, 0.1) is 0 Å². The van der Waals surface area contributed by atoms with Crippen molar-refractivity contribution >= 4 is 0 Å². The van der Waals surface area contributed by atoms with Gasteiger partial charge in [0.2, 0.25) is 0 Å². The standard InChI is InChI=1S/C14H26N2O/c17-14-7-3-6-13(14)16-10-8-15(9-11-16)12-4-1-2-5-12/h12-14,17H,1-11H2. The molecule has 1 saturated heterocycles. The Morgan fingerprint density at radius 1 is 0.706 bits per heavy atom. The number of hydrogen-bond donors (Lipinski definition) is 1. The Balaban J connectivity index is 1.49. The van der Waals surface area contributed by atoms with Crippen LogP contribution in [-0.4, -0.2) is 59.3 Å². The molecule has 0 spiro atoms. The van der Waals surface area contributed by atoms with Gasteiger partial charge in [-0.05, 0) is 32.1 Å². The lowest BCUT2D eigenvalue weighted by Crippen LogP contribution is -2.54. The van der Waals surface area contributed by atoms with Gasteiger partial charge in [0.1, 0.15) is 0 Å². The first-order valence-electron chi connectivity index (χ1n) is 7.51. The largest absolute Gasteiger partial charge is 0.391 e. The third-order valence-corrected chi connectivity index (χ3v) is 5.10. The quantitative estimate of drug-likeness (QED) is 0.789. The average molecular weight is 238 g/mol. The lowest BCUT2D eigenvalue weighted by atomic mass is 10.1. The molecular weight excluding hydrogens is 212 g/mol. The van der Waals surface area contributed by atoms with Gasteiger partial charge in [0.15, 0.2) is 0 Å². The number of nitrogens with zero attached hydrogens (tertiary/aromatic N) is 2. The molecule has 2 saturated carbocycles. The Kier molecular flexibility index (Phi) is 3.69. The predicted octanol–water partition coefficient (Wildman–Crippen LogP) is 1.46. The Morgan fingerprint density at radius 2 is 1.35 bits per heavy atom. The molecule has 0 radical (unpaired) electrons. The minimum Gasteiger partial charge on any atom is -0.391 e. The topological polar surface area (TPSA) is 26.7 Å². The molecule has 0 amide bonds. The summed E-state index contributed by atoms with van der Waals surface area (Å²) in [6, 6.07) is 1.35. The fraction of sp³-hybridized carbons (Fsp3) is 1.00. The van der Waals surface area contributed by atoms with E-state index in [2.05, 4.69) is 9.80 Å². The van der Waals surface area contributed by atoms with Gasteiger partial charge in [-0.15, -0.1) is 0 Å². The number of hydrogen-bond acceptors (Lipinski definition) is 3. The summed E-state index contributed by atoms with van der Waals surface area (Å²) in [5, 5.41) is 9.96. The summed E-state index contributed by atoms with van der Waals surface area (Å²) in [5.74, 6) is 0. The molecule has 3 nitrogen and oxygen atoms in total. The predicted molar refractivity (Wildman–Crippen MR) is 69.0 cm³/mol. The third kappa shape index (κ3) is 2.51. The van der Waals surface area contributed by atoms with E-state index in [9.17, 15) is 5.11 Å². The molecule has 3 aliphatic rings. The molecule has 0 aromatic carbocycles. The van der Waals surface area contributed by atoms with Gasteiger partial charge in [0.05, 0.1) is 6.10 Å². The first-order valence-corrected chi connectivity index (χ1v) is 7.51. The van der Waals surface area contributed by atoms with Crippen LogP contribution < -0.4 is 0 Å². The van der Waals surface area contributed by atoms with Crippen molar-refractivity contribution in [3.05, 3.63) is 0 Å². The van der Waals surface area contributed by atoms with E-state index in [1.165, 1.54) is 64.7 Å². The van der Waals surface area contributed by atoms with Crippen LogP contribution in [0.15, 0.2) is 0 Å². The second kappa shape index (κ2) is 5.25. The maximum atomic E-state index is 9.96. The van der Waals surface area contributed by atoms with Crippen molar-refractivity contribution in [1.82, 2.24) is 9.80 Å². The second-order valence-corrected chi connectivity index (χ2v) is 6.08. The van der Waals surface area contributed by atoms with Crippen molar-refractivity contribution in [3.8, 4) is 0 Å². The fourth-order valence-electron chi connectivity index (χ4n) is 4.05. The smallest absolute Gasteiger partial charge is 0.0695 e. The van der Waals surface area contributed by atoms with E-state index in [0.29, 0.717) is 6.04 Å². The van der Waals surface area contributed by atoms with Crippen LogP contribution in [0.4, 0.5) is 0 Å². The van der Waals surface area contributed by atoms with Gasteiger partial charge < -0.3 is 5.11 Å². The van der Waals surface area contributed by atoms with E-state index >= 15 is 0 Å². The van der Waals surface area contributed by atoms with E-state index in [0.717, 1.165) is 12.5 Å². The van der Waals surface area contributed by atoms with Crippen LogP contribution in [0.25, 0.3) is 0 Å². The molecule has 2 aliphatic carbocycles. The van der Waals surface area contributed by atoms with Crippen LogP contribution in [0.2, 0.25) is 0 Å². The van der Waals surface area contributed by atoms with Crippen LogP contribution >= 0.6 is 0 Å². The van der Waals surface area contributed by atoms with Gasteiger partial charge >= 0.3 is 0 Å². The molecule has 0 aromatic rings. The molecule has 0 aromatic heterocycles. The highest BCUT2D eigenvalue weighted by Gasteiger charge is 2.34. The molecule has 3 fully saturated rings. The third-order valence-electron chi connectivity index (χ3n) is 5.10. The molecule has 3 heteroatoms. The normalized spacial score (nSPS) is 37.9. The van der Waals surface area contributed by atoms with E-state index in [1.54, 1.807) is 0 Å². The van der Waals surface area contributed by atoms with Crippen molar-refractivity contribution in [3.63, 3.8) is 0 Å². The highest BCUT2D eigenvalue weighted by Crippen LogP contribution is 2.28. The lowest BCUT2D eigenvalue weighted by Gasteiger charge is -2.41. The highest BCUT2D eigenvalue weighted by atomic mass is 16.3. The van der Waals surface area contributed by atoms with Crippen LogP contribution in [0.1, 0.15) is 44.9 Å². The van der Waals surface area contributed by atoms with Crippen LogP contribution in [-0.2, 0) is 0 Å². The van der Waals surface area contributed by atoms with E-state index < -0.39 is 0 Å². The first-order chi connectivity index (χ1) is 8.34. The van der Waals surface area contributed by atoms with Crippen LogP contribution in [0.5, 0.6) is 0 Å². The lowest BCUT2D eigenvalue weighted by molar-refractivity contribution is 0.0243. The Hall–Kier alpha value is -0.120. The van der Waals surface area contributed by atoms with Crippen molar-refractivity contribution in [2.24, 2.45) is 0 Å². The van der Waals surface area contributed by atoms with Gasteiger partial charge in [0, 0.05) is 38.3 Å². The second-order valence-electron chi connectivity index (χ2n) is 6.08. The summed E-state index contributed by atoms with van der Waals surface area (Å²) in [7, 11) is 0. The van der Waals surface area contributed by atoms with Gasteiger partial charge in [-0.25, -0.2) is 0 Å². The van der Waals surface area contributed by atoms with E-state index in [-0.39, 0.29) is 6.10 Å². The Labute approximate surface area is 105 Å². The first kappa shape index (κ1) is 11.9. The Morgan fingerprint density at radius 3 is 1.94 bits per heavy atom. The van der Waals surface area contributed by atoms with Gasteiger partial charge in [-0.2, -0.15) is 0 Å². The molecule has 3 rings (SSSR count). The highest BCUT2D eigenvalue weighted by molar-refractivity contribution is 4.89. The van der Waals surface area contributed by atoms with Crippen molar-refractivity contribution in [2.75, 3.05) is 26.2 Å². The maximum absolute atomic E-state index is 9.96. The fourth-order valence-corrected chi connectivity index (χ4v) is 4.05. The Bertz CT molecular complexity index is 245. The number of aliphatic hydroxyl groups excluding tert-OH is 1. The monoisotopic (exact) mass is 238 g/mol. The van der Waals surface area contributed by atoms with Crippen LogP contribution in [0.3, 0.4) is 0 Å². The van der Waals surface area contributed by atoms with Gasteiger partial charge in [0.25, 0.3) is 0 Å². The summed E-state index contributed by atoms with van der Waals surface area (Å²) >= 11 is 0. The molecule has 1 aliphatic heterocycles. The van der Waals surface area contributed by atoms with Gasteiger partial charge in [-0.1, -0.05) is 12.8 Å². The summed E-state index contributed by atoms with van der Waals surface area (Å²) in [5.41, 5.74) is 0. The zero-order valence-electron chi connectivity index (χ0n) is 10.9. The SMILES string of the molecule is OC1CCCC1N1CCN(C2CCCC2)CC1. The zero-order valence-corrected chi connectivity index (χ0v) is 10.9. The molecule has 2 unspecified atom stereocenters. The number of aliphatic hydroxyl groups is 1. The van der Waals surface area contributed by atoms with E-state index in [4.69, 9.17) is 0 Å². The molecule has 2 atom stereocenters. The van der Waals surface area contributed by atoms with E-state index in [1.807, 2.05) is 0 Å². The molecule has 17 heavy (non-hydrogen) atoms. The average Bonchev–Trinajstić information content (AvgIpc) is 3.00. The number of rotatable bonds is 2. The summed E-state index contributed by atoms with van der Waals surface area (Å²) in [6.45, 7) is 4.82. The summed E-state index contributed by atoms with van der Waals surface area (Å²) < 4.78 is 0. The molecule has 1 N–H and O–H groups in total. The maximum Gasteiger partial charge on any atom is 0.0695 e. The number of piperazine rings is 1. The zero-order chi connectivity index (χ0) is 11.7. The summed E-state index contributed by atoms with van der Waals surface area (Å²) in [6.07, 6.45) is 9.12. The molecule has 1 heterocycles. The van der Waals surface area contributed by atoms with Crippen molar-refractivity contribution in [2.45, 2.75) is 63.1 Å². The van der Waals surface area contributed by atoms with Crippen molar-refractivity contribution < 1.29 is 5.11 Å². The molecular formula is C14H26N2O. The minimum atomic E-state index is -0.0481. The summed E-state index contributed by atoms with van der Waals surface area (Å²) in [4.78, 5) is 5.24. The molecule has 98 valence electrons. The van der Waals surface area contributed by atoms with Gasteiger partial charge in [-0.3, -0.25) is 9.80 Å².